The molecule has 20 heavy (non-hydrogen) atoms. The number of fused-ring (bicyclic) bond motifs is 1. The van der Waals surface area contributed by atoms with Crippen LogP contribution in [0.5, 0.6) is 0 Å². The fraction of sp³-hybridized carbons (Fsp3) is 0.267. The Bertz CT molecular complexity index is 771. The molecule has 0 N–H and O–H groups in total. The van der Waals surface area contributed by atoms with Crippen LogP contribution in [0.4, 0.5) is 4.39 Å². The highest BCUT2D eigenvalue weighted by atomic mass is 19.1. The van der Waals surface area contributed by atoms with Crippen molar-refractivity contribution in [2.75, 3.05) is 0 Å². The summed E-state index contributed by atoms with van der Waals surface area (Å²) in [6.45, 7) is 6.15. The van der Waals surface area contributed by atoms with Gasteiger partial charge in [-0.15, -0.1) is 5.10 Å². The number of rotatable bonds is 1. The molecule has 3 aromatic rings. The Kier molecular flexibility index (Phi) is 2.78. The van der Waals surface area contributed by atoms with Gasteiger partial charge < -0.3 is 0 Å². The smallest absolute Gasteiger partial charge is 0.219 e. The molecule has 0 unspecified atom stereocenters. The molecule has 2 heterocycles. The van der Waals surface area contributed by atoms with Crippen molar-refractivity contribution in [3.05, 3.63) is 48.3 Å². The summed E-state index contributed by atoms with van der Waals surface area (Å²) in [6, 6.07) is 6.41. The van der Waals surface area contributed by atoms with Gasteiger partial charge in [-0.1, -0.05) is 32.9 Å². The van der Waals surface area contributed by atoms with E-state index in [0.29, 0.717) is 5.78 Å². The predicted molar refractivity (Wildman–Crippen MR) is 74.9 cm³/mol. The van der Waals surface area contributed by atoms with Gasteiger partial charge in [0.15, 0.2) is 5.82 Å². The van der Waals surface area contributed by atoms with E-state index in [2.05, 4.69) is 35.8 Å². The zero-order valence-electron chi connectivity index (χ0n) is 11.6. The quantitative estimate of drug-likeness (QED) is 0.682. The topological polar surface area (TPSA) is 43.1 Å². The maximum absolute atomic E-state index is 13.3. The molecule has 0 bridgehead atoms. The Morgan fingerprint density at radius 1 is 1.15 bits per heavy atom. The second-order valence-corrected chi connectivity index (χ2v) is 5.78. The molecule has 0 fully saturated rings. The molecule has 3 rings (SSSR count). The van der Waals surface area contributed by atoms with Crippen molar-refractivity contribution in [2.24, 2.45) is 0 Å². The molecule has 2 aromatic heterocycles. The molecule has 1 aromatic carbocycles. The molecule has 0 amide bonds. The third kappa shape index (κ3) is 2.27. The second kappa shape index (κ2) is 4.37. The summed E-state index contributed by atoms with van der Waals surface area (Å²) in [6.07, 6.45) is 3.50. The van der Waals surface area contributed by atoms with Gasteiger partial charge >= 0.3 is 0 Å². The number of aromatic nitrogens is 4. The molecule has 0 spiro atoms. The molecule has 102 valence electrons. The highest BCUT2D eigenvalue weighted by Crippen LogP contribution is 2.21. The summed E-state index contributed by atoms with van der Waals surface area (Å²) < 4.78 is 14.9. The molecule has 0 saturated heterocycles. The lowest BCUT2D eigenvalue weighted by Crippen LogP contribution is -2.13. The first kappa shape index (κ1) is 12.7. The van der Waals surface area contributed by atoms with E-state index in [1.807, 2.05) is 12.3 Å². The minimum Gasteiger partial charge on any atom is -0.219 e. The number of hydrogen-bond acceptors (Lipinski definition) is 3. The van der Waals surface area contributed by atoms with Crippen molar-refractivity contribution in [1.82, 2.24) is 19.6 Å². The maximum atomic E-state index is 13.3. The highest BCUT2D eigenvalue weighted by Gasteiger charge is 2.20. The van der Waals surface area contributed by atoms with E-state index in [4.69, 9.17) is 0 Å². The van der Waals surface area contributed by atoms with Crippen molar-refractivity contribution >= 4 is 5.78 Å². The van der Waals surface area contributed by atoms with Crippen molar-refractivity contribution in [3.63, 3.8) is 0 Å². The molecular formula is C15H15FN4. The Morgan fingerprint density at radius 2 is 1.95 bits per heavy atom. The average molecular weight is 270 g/mol. The number of nitrogens with zero attached hydrogens (tertiary/aromatic N) is 4. The van der Waals surface area contributed by atoms with E-state index in [9.17, 15) is 4.39 Å². The zero-order chi connectivity index (χ0) is 14.3. The van der Waals surface area contributed by atoms with Crippen molar-refractivity contribution in [3.8, 4) is 11.1 Å². The summed E-state index contributed by atoms with van der Waals surface area (Å²) in [5.41, 5.74) is 1.45. The van der Waals surface area contributed by atoms with Gasteiger partial charge in [-0.3, -0.25) is 0 Å². The van der Waals surface area contributed by atoms with Crippen LogP contribution in [0.3, 0.4) is 0 Å². The molecule has 0 aliphatic heterocycles. The summed E-state index contributed by atoms with van der Waals surface area (Å²) in [7, 11) is 0. The van der Waals surface area contributed by atoms with Crippen LogP contribution in [0.1, 0.15) is 26.6 Å². The lowest BCUT2D eigenvalue weighted by molar-refractivity contribution is 0.545. The Labute approximate surface area is 116 Å². The summed E-state index contributed by atoms with van der Waals surface area (Å²) in [5, 5.41) is 4.44. The molecule has 0 saturated carbocycles. The Morgan fingerprint density at radius 3 is 2.65 bits per heavy atom. The molecule has 0 aliphatic carbocycles. The summed E-state index contributed by atoms with van der Waals surface area (Å²) in [4.78, 5) is 8.69. The van der Waals surface area contributed by atoms with E-state index >= 15 is 0 Å². The zero-order valence-corrected chi connectivity index (χ0v) is 11.6. The van der Waals surface area contributed by atoms with Gasteiger partial charge in [-0.05, 0) is 17.7 Å². The van der Waals surface area contributed by atoms with Gasteiger partial charge in [-0.25, -0.2) is 13.9 Å². The van der Waals surface area contributed by atoms with Gasteiger partial charge in [0.2, 0.25) is 0 Å². The first-order valence-electron chi connectivity index (χ1n) is 6.42. The van der Waals surface area contributed by atoms with E-state index in [-0.39, 0.29) is 11.2 Å². The molecule has 0 radical (unpaired) electrons. The predicted octanol–water partition coefficient (Wildman–Crippen LogP) is 3.23. The molecule has 0 atom stereocenters. The minimum atomic E-state index is -0.267. The summed E-state index contributed by atoms with van der Waals surface area (Å²) in [5.74, 6) is 1.02. The fourth-order valence-corrected chi connectivity index (χ4v) is 1.92. The standard InChI is InChI=1S/C15H15FN4/c1-15(2,3)13-18-14-17-8-11(9-20(14)19-13)10-5-4-6-12(16)7-10/h4-9H,1-3H3. The van der Waals surface area contributed by atoms with E-state index in [0.717, 1.165) is 17.0 Å². The third-order valence-corrected chi connectivity index (χ3v) is 3.02. The van der Waals surface area contributed by atoms with E-state index in [1.54, 1.807) is 16.8 Å². The highest BCUT2D eigenvalue weighted by molar-refractivity contribution is 5.62. The lowest BCUT2D eigenvalue weighted by Gasteiger charge is -2.11. The van der Waals surface area contributed by atoms with Crippen molar-refractivity contribution < 1.29 is 4.39 Å². The minimum absolute atomic E-state index is 0.132. The normalized spacial score (nSPS) is 12.0. The van der Waals surface area contributed by atoms with Crippen molar-refractivity contribution in [1.29, 1.82) is 0 Å². The SMILES string of the molecule is CC(C)(C)c1nc2ncc(-c3cccc(F)c3)cn2n1. The van der Waals surface area contributed by atoms with Gasteiger partial charge in [0.05, 0.1) is 0 Å². The van der Waals surface area contributed by atoms with Crippen LogP contribution in [0.15, 0.2) is 36.7 Å². The molecular weight excluding hydrogens is 255 g/mol. The van der Waals surface area contributed by atoms with Crippen LogP contribution in [0.25, 0.3) is 16.9 Å². The van der Waals surface area contributed by atoms with Crippen LogP contribution >= 0.6 is 0 Å². The van der Waals surface area contributed by atoms with Crippen LogP contribution in [-0.4, -0.2) is 19.6 Å². The first-order chi connectivity index (χ1) is 9.43. The van der Waals surface area contributed by atoms with Crippen LogP contribution < -0.4 is 0 Å². The second-order valence-electron chi connectivity index (χ2n) is 5.78. The van der Waals surface area contributed by atoms with E-state index in [1.165, 1.54) is 12.1 Å². The van der Waals surface area contributed by atoms with Gasteiger partial charge in [0.1, 0.15) is 5.82 Å². The lowest BCUT2D eigenvalue weighted by atomic mass is 9.96. The van der Waals surface area contributed by atoms with Crippen LogP contribution in [-0.2, 0) is 5.41 Å². The van der Waals surface area contributed by atoms with Gasteiger partial charge in [-0.2, -0.15) is 4.98 Å². The summed E-state index contributed by atoms with van der Waals surface area (Å²) >= 11 is 0. The number of halogens is 1. The van der Waals surface area contributed by atoms with Crippen molar-refractivity contribution in [2.45, 2.75) is 26.2 Å². The Hall–Kier alpha value is -2.30. The third-order valence-electron chi connectivity index (χ3n) is 3.02. The van der Waals surface area contributed by atoms with Gasteiger partial charge in [0, 0.05) is 23.4 Å². The molecule has 5 heteroatoms. The van der Waals surface area contributed by atoms with Crippen LogP contribution in [0, 0.1) is 5.82 Å². The van der Waals surface area contributed by atoms with Crippen LogP contribution in [0.2, 0.25) is 0 Å². The maximum Gasteiger partial charge on any atom is 0.252 e. The average Bonchev–Trinajstić information content (AvgIpc) is 2.81. The molecule has 0 aliphatic rings. The number of hydrogen-bond donors (Lipinski definition) is 0. The van der Waals surface area contributed by atoms with E-state index < -0.39 is 0 Å². The Balaban J connectivity index is 2.11. The largest absolute Gasteiger partial charge is 0.252 e. The molecule has 4 nitrogen and oxygen atoms in total. The fourth-order valence-electron chi connectivity index (χ4n) is 1.92. The van der Waals surface area contributed by atoms with Gasteiger partial charge in [0.25, 0.3) is 5.78 Å². The first-order valence-corrected chi connectivity index (χ1v) is 6.42. The monoisotopic (exact) mass is 270 g/mol. The number of benzene rings is 1.